The third-order valence-corrected chi connectivity index (χ3v) is 3.80. The number of aromatic nitrogens is 1. The fourth-order valence-corrected chi connectivity index (χ4v) is 2.61. The second-order valence-corrected chi connectivity index (χ2v) is 5.39. The summed E-state index contributed by atoms with van der Waals surface area (Å²) in [6.07, 6.45) is 2.82. The van der Waals surface area contributed by atoms with E-state index in [-0.39, 0.29) is 28.0 Å². The van der Waals surface area contributed by atoms with Gasteiger partial charge in [-0.3, -0.25) is 9.59 Å². The Kier molecular flexibility index (Phi) is 4.83. The molecule has 1 saturated heterocycles. The number of amides is 1. The van der Waals surface area contributed by atoms with Gasteiger partial charge in [0.2, 0.25) is 0 Å². The predicted octanol–water partition coefficient (Wildman–Crippen LogP) is 2.41. The van der Waals surface area contributed by atoms with Crippen LogP contribution in [0.25, 0.3) is 0 Å². The summed E-state index contributed by atoms with van der Waals surface area (Å²) in [7, 11) is 1.35. The lowest BCUT2D eigenvalue weighted by molar-refractivity contribution is -0.146. The van der Waals surface area contributed by atoms with E-state index < -0.39 is 0 Å². The number of carbonyl (C=O) groups excluding carboxylic acids is 2. The van der Waals surface area contributed by atoms with Crippen LogP contribution >= 0.6 is 23.2 Å². The highest BCUT2D eigenvalue weighted by Crippen LogP contribution is 2.24. The molecule has 0 spiro atoms. The molecule has 0 saturated carbocycles. The van der Waals surface area contributed by atoms with Crippen molar-refractivity contribution in [2.24, 2.45) is 5.92 Å². The highest BCUT2D eigenvalue weighted by molar-refractivity contribution is 6.35. The number of rotatable bonds is 2. The van der Waals surface area contributed by atoms with Crippen LogP contribution in [0.3, 0.4) is 0 Å². The van der Waals surface area contributed by atoms with Crippen molar-refractivity contribution in [3.63, 3.8) is 0 Å². The molecule has 1 aliphatic rings. The zero-order valence-corrected chi connectivity index (χ0v) is 12.4. The number of likely N-dealkylation sites (tertiary alicyclic amines) is 1. The average Bonchev–Trinajstić information content (AvgIpc) is 2.48. The molecule has 108 valence electrons. The summed E-state index contributed by atoms with van der Waals surface area (Å²) in [4.78, 5) is 29.4. The van der Waals surface area contributed by atoms with Crippen LogP contribution in [-0.4, -0.2) is 42.0 Å². The minimum absolute atomic E-state index is 0.208. The summed E-state index contributed by atoms with van der Waals surface area (Å²) < 4.78 is 4.73. The van der Waals surface area contributed by atoms with Gasteiger partial charge in [0.15, 0.2) is 0 Å². The fourth-order valence-electron chi connectivity index (χ4n) is 2.27. The Morgan fingerprint density at radius 3 is 2.90 bits per heavy atom. The van der Waals surface area contributed by atoms with Gasteiger partial charge < -0.3 is 9.64 Å². The highest BCUT2D eigenvalue weighted by atomic mass is 35.5. The van der Waals surface area contributed by atoms with Crippen molar-refractivity contribution in [2.75, 3.05) is 20.2 Å². The van der Waals surface area contributed by atoms with Gasteiger partial charge in [-0.15, -0.1) is 0 Å². The van der Waals surface area contributed by atoms with Gasteiger partial charge in [0.25, 0.3) is 5.91 Å². The first-order valence-corrected chi connectivity index (χ1v) is 6.96. The average molecular weight is 317 g/mol. The summed E-state index contributed by atoms with van der Waals surface area (Å²) >= 11 is 11.8. The van der Waals surface area contributed by atoms with E-state index in [9.17, 15) is 9.59 Å². The molecular formula is C13H14Cl2N2O3. The molecule has 7 heteroatoms. The first kappa shape index (κ1) is 15.1. The molecule has 1 amide bonds. The molecule has 0 radical (unpaired) electrons. The molecule has 0 aliphatic carbocycles. The number of hydrogen-bond acceptors (Lipinski definition) is 4. The molecule has 1 unspecified atom stereocenters. The van der Waals surface area contributed by atoms with Crippen LogP contribution in [-0.2, 0) is 9.53 Å². The van der Waals surface area contributed by atoms with Crippen LogP contribution < -0.4 is 0 Å². The molecule has 0 aromatic carbocycles. The predicted molar refractivity (Wildman–Crippen MR) is 74.9 cm³/mol. The summed E-state index contributed by atoms with van der Waals surface area (Å²) in [5, 5.41) is 0.457. The minimum Gasteiger partial charge on any atom is -0.469 e. The summed E-state index contributed by atoms with van der Waals surface area (Å²) in [5.41, 5.74) is 0.303. The first-order chi connectivity index (χ1) is 9.52. The standard InChI is InChI=1S/C13H14Cl2N2O3/c1-20-13(19)8-3-2-4-17(7-8)12(18)9-5-11(15)16-6-10(9)14/h5-6,8H,2-4,7H2,1H3. The van der Waals surface area contributed by atoms with Crippen LogP contribution in [0, 0.1) is 5.92 Å². The smallest absolute Gasteiger partial charge is 0.310 e. The van der Waals surface area contributed by atoms with Crippen LogP contribution in [0.2, 0.25) is 10.2 Å². The number of esters is 1. The lowest BCUT2D eigenvalue weighted by atomic mass is 9.97. The van der Waals surface area contributed by atoms with Gasteiger partial charge in [0.1, 0.15) is 5.15 Å². The fraction of sp³-hybridized carbons (Fsp3) is 0.462. The SMILES string of the molecule is COC(=O)C1CCCN(C(=O)c2cc(Cl)ncc2Cl)C1. The first-order valence-electron chi connectivity index (χ1n) is 6.21. The summed E-state index contributed by atoms with van der Waals surface area (Å²) in [6.45, 7) is 0.921. The van der Waals surface area contributed by atoms with Crippen molar-refractivity contribution in [3.05, 3.63) is 28.0 Å². The number of hydrogen-bond donors (Lipinski definition) is 0. The van der Waals surface area contributed by atoms with E-state index in [1.807, 2.05) is 0 Å². The van der Waals surface area contributed by atoms with Crippen molar-refractivity contribution >= 4 is 35.1 Å². The largest absolute Gasteiger partial charge is 0.469 e. The molecule has 20 heavy (non-hydrogen) atoms. The van der Waals surface area contributed by atoms with Gasteiger partial charge in [-0.05, 0) is 18.9 Å². The van der Waals surface area contributed by atoms with Gasteiger partial charge in [0, 0.05) is 19.3 Å². The van der Waals surface area contributed by atoms with Crippen LogP contribution in [0.15, 0.2) is 12.3 Å². The lowest BCUT2D eigenvalue weighted by Gasteiger charge is -2.31. The van der Waals surface area contributed by atoms with Crippen molar-refractivity contribution in [3.8, 4) is 0 Å². The van der Waals surface area contributed by atoms with Crippen LogP contribution in [0.1, 0.15) is 23.2 Å². The maximum absolute atomic E-state index is 12.4. The second-order valence-electron chi connectivity index (χ2n) is 4.60. The van der Waals surface area contributed by atoms with E-state index in [0.717, 1.165) is 12.8 Å². The van der Waals surface area contributed by atoms with E-state index >= 15 is 0 Å². The van der Waals surface area contributed by atoms with Gasteiger partial charge in [-0.1, -0.05) is 23.2 Å². The van der Waals surface area contributed by atoms with E-state index in [2.05, 4.69) is 4.98 Å². The lowest BCUT2D eigenvalue weighted by Crippen LogP contribution is -2.42. The van der Waals surface area contributed by atoms with E-state index in [4.69, 9.17) is 27.9 Å². The Hall–Kier alpha value is -1.33. The molecule has 2 heterocycles. The second kappa shape index (κ2) is 6.41. The Bertz CT molecular complexity index is 536. The topological polar surface area (TPSA) is 59.5 Å². The number of pyridine rings is 1. The van der Waals surface area contributed by atoms with Crippen molar-refractivity contribution < 1.29 is 14.3 Å². The Morgan fingerprint density at radius 2 is 2.20 bits per heavy atom. The van der Waals surface area contributed by atoms with Gasteiger partial charge in [-0.2, -0.15) is 0 Å². The van der Waals surface area contributed by atoms with Crippen LogP contribution in [0.5, 0.6) is 0 Å². The molecule has 0 bridgehead atoms. The number of halogens is 2. The third kappa shape index (κ3) is 3.22. The Balaban J connectivity index is 2.16. The Morgan fingerprint density at radius 1 is 1.45 bits per heavy atom. The van der Waals surface area contributed by atoms with Crippen LogP contribution in [0.4, 0.5) is 0 Å². The number of piperidine rings is 1. The molecule has 1 aliphatic heterocycles. The maximum atomic E-state index is 12.4. The zero-order chi connectivity index (χ0) is 14.7. The molecule has 1 atom stereocenters. The molecule has 2 rings (SSSR count). The number of methoxy groups -OCH3 is 1. The number of carbonyl (C=O) groups is 2. The van der Waals surface area contributed by atoms with E-state index in [1.54, 1.807) is 4.90 Å². The highest BCUT2D eigenvalue weighted by Gasteiger charge is 2.30. The van der Waals surface area contributed by atoms with E-state index in [1.165, 1.54) is 19.4 Å². The van der Waals surface area contributed by atoms with Gasteiger partial charge in [-0.25, -0.2) is 4.98 Å². The normalized spacial score (nSPS) is 18.8. The van der Waals surface area contributed by atoms with Gasteiger partial charge >= 0.3 is 5.97 Å². The molecule has 1 aromatic heterocycles. The maximum Gasteiger partial charge on any atom is 0.310 e. The molecule has 0 N–H and O–H groups in total. The molecule has 1 fully saturated rings. The van der Waals surface area contributed by atoms with Crippen molar-refractivity contribution in [2.45, 2.75) is 12.8 Å². The van der Waals surface area contributed by atoms with E-state index in [0.29, 0.717) is 18.7 Å². The minimum atomic E-state index is -0.290. The number of nitrogens with zero attached hydrogens (tertiary/aromatic N) is 2. The molecule has 5 nitrogen and oxygen atoms in total. The van der Waals surface area contributed by atoms with Gasteiger partial charge in [0.05, 0.1) is 23.6 Å². The summed E-state index contributed by atoms with van der Waals surface area (Å²) in [5.74, 6) is -0.817. The molecular weight excluding hydrogens is 303 g/mol. The summed E-state index contributed by atoms with van der Waals surface area (Å²) in [6, 6.07) is 1.44. The van der Waals surface area contributed by atoms with Crippen molar-refractivity contribution in [1.82, 2.24) is 9.88 Å². The number of ether oxygens (including phenoxy) is 1. The third-order valence-electron chi connectivity index (χ3n) is 3.30. The monoisotopic (exact) mass is 316 g/mol. The molecule has 1 aromatic rings. The quantitative estimate of drug-likeness (QED) is 0.621. The zero-order valence-electron chi connectivity index (χ0n) is 10.9. The van der Waals surface area contributed by atoms with Crippen molar-refractivity contribution in [1.29, 1.82) is 0 Å². The Labute approximate surface area is 126 Å².